The molecule has 0 N–H and O–H groups in total. The van der Waals surface area contributed by atoms with E-state index in [1.165, 1.54) is 7.11 Å². The van der Waals surface area contributed by atoms with E-state index in [4.69, 9.17) is 18.9 Å². The zero-order chi connectivity index (χ0) is 22.4. The van der Waals surface area contributed by atoms with Crippen molar-refractivity contribution in [1.82, 2.24) is 0 Å². The molecule has 0 saturated carbocycles. The molecule has 0 amide bonds. The van der Waals surface area contributed by atoms with Gasteiger partial charge < -0.3 is 0 Å². The third-order valence-corrected chi connectivity index (χ3v) is 7.07. The van der Waals surface area contributed by atoms with Crippen molar-refractivity contribution in [3.05, 3.63) is 76.3 Å². The monoisotopic (exact) mass is 545 g/mol. The second kappa shape index (κ2) is 10.5. The van der Waals surface area contributed by atoms with Gasteiger partial charge in [-0.05, 0) is 0 Å². The molecule has 0 saturated heterocycles. The topological polar surface area (TPSA) is 71.1 Å². The standard InChI is InChI=1S/C23H19AsBrO6/c1-28-16-8-4-14(5-9-16)22(26)24-19-12-18(30-3)13-20(25)21(19)31-23(27)15-6-10-17(29-2)11-7-15/h4-13H,1-3H3. The van der Waals surface area contributed by atoms with E-state index in [9.17, 15) is 9.59 Å². The van der Waals surface area contributed by atoms with Crippen molar-refractivity contribution in [3.63, 3.8) is 0 Å². The fraction of sp³-hybridized carbons (Fsp3) is 0.130. The first kappa shape index (κ1) is 22.9. The number of ether oxygens (including phenoxy) is 4. The van der Waals surface area contributed by atoms with E-state index >= 15 is 0 Å². The molecule has 3 aromatic rings. The molecule has 3 aromatic carbocycles. The predicted octanol–water partition coefficient (Wildman–Crippen LogP) is 3.86. The third kappa shape index (κ3) is 5.69. The number of benzene rings is 3. The molecule has 6 nitrogen and oxygen atoms in total. The molecule has 3 rings (SSSR count). The Bertz CT molecular complexity index is 1080. The minimum absolute atomic E-state index is 0.0409. The average molecular weight is 546 g/mol. The molecular weight excluding hydrogens is 527 g/mol. The Morgan fingerprint density at radius 3 is 1.77 bits per heavy atom. The molecule has 31 heavy (non-hydrogen) atoms. The van der Waals surface area contributed by atoms with Gasteiger partial charge in [-0.1, -0.05) is 0 Å². The molecule has 0 atom stereocenters. The number of esters is 1. The van der Waals surface area contributed by atoms with Crippen molar-refractivity contribution >= 4 is 46.6 Å². The van der Waals surface area contributed by atoms with Crippen LogP contribution >= 0.6 is 15.9 Å². The fourth-order valence-electron chi connectivity index (χ4n) is 2.64. The van der Waals surface area contributed by atoms with Gasteiger partial charge in [0.1, 0.15) is 0 Å². The van der Waals surface area contributed by atoms with E-state index in [1.807, 2.05) is 0 Å². The van der Waals surface area contributed by atoms with Gasteiger partial charge in [0.05, 0.1) is 0 Å². The third-order valence-electron chi connectivity index (χ3n) is 4.31. The molecule has 1 radical (unpaired) electrons. The normalized spacial score (nSPS) is 10.7. The van der Waals surface area contributed by atoms with Gasteiger partial charge >= 0.3 is 196 Å². The van der Waals surface area contributed by atoms with Crippen molar-refractivity contribution in [1.29, 1.82) is 0 Å². The first-order valence-corrected chi connectivity index (χ1v) is 11.8. The zero-order valence-electron chi connectivity index (χ0n) is 17.0. The SMILES string of the molecule is COc1ccc(C(=O)Oc2c(Br)cc(OC)cc2[As]C(=O)c2ccc(OC)cc2)cc1. The van der Waals surface area contributed by atoms with Crippen LogP contribution in [0, 0.1) is 0 Å². The van der Waals surface area contributed by atoms with Gasteiger partial charge in [0, 0.05) is 0 Å². The molecule has 159 valence electrons. The van der Waals surface area contributed by atoms with Crippen LogP contribution in [0.1, 0.15) is 20.7 Å². The van der Waals surface area contributed by atoms with Crippen molar-refractivity contribution in [2.45, 2.75) is 0 Å². The molecule has 8 heteroatoms. The molecule has 0 aromatic heterocycles. The van der Waals surface area contributed by atoms with E-state index in [2.05, 4.69) is 15.9 Å². The summed E-state index contributed by atoms with van der Waals surface area (Å²) in [5, 5.41) is 0. The number of hydrogen-bond acceptors (Lipinski definition) is 6. The average Bonchev–Trinajstić information content (AvgIpc) is 2.80. The van der Waals surface area contributed by atoms with Crippen LogP contribution in [0.5, 0.6) is 23.0 Å². The molecule has 0 heterocycles. The number of hydrogen-bond donors (Lipinski definition) is 0. The summed E-state index contributed by atoms with van der Waals surface area (Å²) in [6.45, 7) is 0. The van der Waals surface area contributed by atoms with Gasteiger partial charge in [-0.3, -0.25) is 0 Å². The van der Waals surface area contributed by atoms with E-state index in [0.29, 0.717) is 42.9 Å². The Morgan fingerprint density at radius 2 is 1.26 bits per heavy atom. The maximum atomic E-state index is 12.9. The van der Waals surface area contributed by atoms with Crippen molar-refractivity contribution < 1.29 is 28.5 Å². The Balaban J connectivity index is 1.88. The summed E-state index contributed by atoms with van der Waals surface area (Å²) in [6, 6.07) is 16.9. The molecule has 0 unspecified atom stereocenters. The Labute approximate surface area is 195 Å². The summed E-state index contributed by atoms with van der Waals surface area (Å²) in [7, 11) is 4.66. The Kier molecular flexibility index (Phi) is 7.77. The fourth-order valence-corrected chi connectivity index (χ4v) is 5.50. The quantitative estimate of drug-likeness (QED) is 0.243. The number of methoxy groups -OCH3 is 3. The Hall–Kier alpha value is -2.76. The van der Waals surface area contributed by atoms with Crippen LogP contribution in [0.25, 0.3) is 0 Å². The number of rotatable bonds is 8. The first-order valence-electron chi connectivity index (χ1n) is 9.09. The van der Waals surface area contributed by atoms with Gasteiger partial charge in [-0.2, -0.15) is 0 Å². The van der Waals surface area contributed by atoms with Crippen LogP contribution in [0.2, 0.25) is 0 Å². The van der Waals surface area contributed by atoms with Crippen LogP contribution in [0.4, 0.5) is 0 Å². The molecule has 0 spiro atoms. The molecule has 0 bridgehead atoms. The van der Waals surface area contributed by atoms with Crippen molar-refractivity contribution in [3.8, 4) is 23.0 Å². The van der Waals surface area contributed by atoms with Crippen molar-refractivity contribution in [2.24, 2.45) is 0 Å². The molecular formula is C23H19AsBrO6. The zero-order valence-corrected chi connectivity index (χ0v) is 20.5. The van der Waals surface area contributed by atoms with Crippen molar-refractivity contribution in [2.75, 3.05) is 21.3 Å². The number of carbonyl (C=O) groups excluding carboxylic acids is 2. The van der Waals surface area contributed by atoms with Crippen LogP contribution in [0.15, 0.2) is 65.1 Å². The summed E-state index contributed by atoms with van der Waals surface area (Å²) < 4.78 is 22.4. The van der Waals surface area contributed by atoms with E-state index in [0.717, 1.165) is 0 Å². The second-order valence-corrected chi connectivity index (χ2v) is 9.41. The van der Waals surface area contributed by atoms with Gasteiger partial charge in [0.25, 0.3) is 0 Å². The molecule has 0 aliphatic heterocycles. The summed E-state index contributed by atoms with van der Waals surface area (Å²) in [5.74, 6) is 1.64. The van der Waals surface area contributed by atoms with Gasteiger partial charge in [-0.15, -0.1) is 0 Å². The first-order chi connectivity index (χ1) is 14.9. The van der Waals surface area contributed by atoms with Crippen LogP contribution in [-0.4, -0.2) is 47.6 Å². The molecule has 0 aliphatic carbocycles. The van der Waals surface area contributed by atoms with E-state index in [-0.39, 0.29) is 4.57 Å². The molecule has 0 fully saturated rings. The summed E-state index contributed by atoms with van der Waals surface area (Å²) >= 11 is 2.43. The van der Waals surface area contributed by atoms with E-state index in [1.54, 1.807) is 74.9 Å². The number of halogens is 1. The molecule has 0 aliphatic rings. The van der Waals surface area contributed by atoms with Gasteiger partial charge in [-0.25, -0.2) is 0 Å². The minimum atomic E-state index is -1.01. The van der Waals surface area contributed by atoms with Crippen LogP contribution < -0.4 is 23.3 Å². The predicted molar refractivity (Wildman–Crippen MR) is 121 cm³/mol. The summed E-state index contributed by atoms with van der Waals surface area (Å²) in [6.07, 6.45) is 0. The van der Waals surface area contributed by atoms with E-state index < -0.39 is 21.7 Å². The summed E-state index contributed by atoms with van der Waals surface area (Å²) in [4.78, 5) is 25.6. The maximum absolute atomic E-state index is 12.9. The van der Waals surface area contributed by atoms with Gasteiger partial charge in [0.15, 0.2) is 0 Å². The van der Waals surface area contributed by atoms with Crippen LogP contribution in [-0.2, 0) is 0 Å². The second-order valence-electron chi connectivity index (χ2n) is 6.22. The summed E-state index contributed by atoms with van der Waals surface area (Å²) in [5.41, 5.74) is 0.930. The van der Waals surface area contributed by atoms with Crippen LogP contribution in [0.3, 0.4) is 0 Å². The number of carbonyl (C=O) groups is 2. The van der Waals surface area contributed by atoms with Gasteiger partial charge in [0.2, 0.25) is 0 Å². The Morgan fingerprint density at radius 1 is 0.742 bits per heavy atom.